The maximum Gasteiger partial charge on any atom is 0.229 e. The molecule has 4 nitrogen and oxygen atoms in total. The normalized spacial score (nSPS) is 30.7. The second-order valence-corrected chi connectivity index (χ2v) is 6.34. The zero-order chi connectivity index (χ0) is 14.4. The summed E-state index contributed by atoms with van der Waals surface area (Å²) in [5.41, 5.74) is 7.93. The highest BCUT2D eigenvalue weighted by Gasteiger charge is 2.49. The summed E-state index contributed by atoms with van der Waals surface area (Å²) in [6.07, 6.45) is 5.17. The van der Waals surface area contributed by atoms with E-state index in [2.05, 4.69) is 10.3 Å². The third kappa shape index (κ3) is 2.10. The Labute approximate surface area is 123 Å². The number of nitrogens with two attached hydrogens (primary N) is 1. The Morgan fingerprint density at radius 3 is 2.86 bits per heavy atom. The molecule has 0 saturated heterocycles. The van der Waals surface area contributed by atoms with Gasteiger partial charge in [0.25, 0.3) is 0 Å². The number of rotatable bonds is 2. The molecule has 4 unspecified atom stereocenters. The van der Waals surface area contributed by atoms with Crippen LogP contribution in [-0.2, 0) is 4.79 Å². The Bertz CT molecular complexity index is 697. The Morgan fingerprint density at radius 2 is 2.05 bits per heavy atom. The van der Waals surface area contributed by atoms with E-state index in [4.69, 9.17) is 5.73 Å². The lowest BCUT2D eigenvalue weighted by atomic mass is 9.84. The first kappa shape index (κ1) is 12.8. The van der Waals surface area contributed by atoms with Gasteiger partial charge < -0.3 is 11.1 Å². The molecule has 108 valence electrons. The fraction of sp³-hybridized carbons (Fsp3) is 0.412. The summed E-state index contributed by atoms with van der Waals surface area (Å²) in [4.78, 5) is 16.9. The Balaban J connectivity index is 1.55. The summed E-state index contributed by atoms with van der Waals surface area (Å²) in [6, 6.07) is 9.90. The molecule has 4 atom stereocenters. The van der Waals surface area contributed by atoms with Crippen LogP contribution >= 0.6 is 0 Å². The van der Waals surface area contributed by atoms with Gasteiger partial charge in [-0.25, -0.2) is 0 Å². The average Bonchev–Trinajstić information content (AvgIpc) is 3.08. The molecule has 2 aliphatic carbocycles. The van der Waals surface area contributed by atoms with Crippen molar-refractivity contribution in [2.75, 3.05) is 5.32 Å². The second kappa shape index (κ2) is 4.81. The van der Waals surface area contributed by atoms with Gasteiger partial charge in [-0.15, -0.1) is 0 Å². The third-order valence-electron chi connectivity index (χ3n) is 5.14. The fourth-order valence-corrected chi connectivity index (χ4v) is 4.09. The van der Waals surface area contributed by atoms with Gasteiger partial charge in [-0.05, 0) is 43.2 Å². The summed E-state index contributed by atoms with van der Waals surface area (Å²) in [5, 5.41) is 4.04. The van der Waals surface area contributed by atoms with Crippen molar-refractivity contribution in [3.63, 3.8) is 0 Å². The van der Waals surface area contributed by atoms with Crippen LogP contribution in [0.1, 0.15) is 19.3 Å². The van der Waals surface area contributed by atoms with Gasteiger partial charge in [0, 0.05) is 11.4 Å². The SMILES string of the molecule is NC1C2CCC(C2)C1C(=O)Nc1cnc2ccccc2c1. The molecule has 2 fully saturated rings. The number of nitrogens with zero attached hydrogens (tertiary/aromatic N) is 1. The standard InChI is InChI=1S/C17H19N3O/c18-16-12-6-5-11(7-12)15(16)17(21)20-13-8-10-3-1-2-4-14(10)19-9-13/h1-4,8-9,11-12,15-16H,5-7,18H2,(H,20,21). The highest BCUT2D eigenvalue weighted by Crippen LogP contribution is 2.47. The molecule has 0 spiro atoms. The van der Waals surface area contributed by atoms with Crippen LogP contribution in [0, 0.1) is 17.8 Å². The van der Waals surface area contributed by atoms with Crippen molar-refractivity contribution >= 4 is 22.5 Å². The van der Waals surface area contributed by atoms with Gasteiger partial charge in [0.05, 0.1) is 23.3 Å². The lowest BCUT2D eigenvalue weighted by molar-refractivity contribution is -0.121. The molecule has 0 radical (unpaired) electrons. The summed E-state index contributed by atoms with van der Waals surface area (Å²) in [5.74, 6) is 1.04. The van der Waals surface area contributed by atoms with Crippen LogP contribution in [0.5, 0.6) is 0 Å². The Kier molecular flexibility index (Phi) is 2.93. The van der Waals surface area contributed by atoms with E-state index in [1.54, 1.807) is 6.20 Å². The number of carbonyl (C=O) groups is 1. The number of benzene rings is 1. The monoisotopic (exact) mass is 281 g/mol. The fourth-order valence-electron chi connectivity index (χ4n) is 4.09. The quantitative estimate of drug-likeness (QED) is 0.889. The van der Waals surface area contributed by atoms with E-state index >= 15 is 0 Å². The van der Waals surface area contributed by atoms with Gasteiger partial charge >= 0.3 is 0 Å². The van der Waals surface area contributed by atoms with Crippen LogP contribution in [-0.4, -0.2) is 16.9 Å². The number of fused-ring (bicyclic) bond motifs is 3. The summed E-state index contributed by atoms with van der Waals surface area (Å²) in [7, 11) is 0. The molecule has 4 heteroatoms. The first-order valence-corrected chi connectivity index (χ1v) is 7.63. The van der Waals surface area contributed by atoms with Gasteiger partial charge in [0.15, 0.2) is 0 Å². The van der Waals surface area contributed by atoms with Crippen molar-refractivity contribution in [1.82, 2.24) is 4.98 Å². The molecule has 1 aromatic carbocycles. The summed E-state index contributed by atoms with van der Waals surface area (Å²) in [6.45, 7) is 0. The van der Waals surface area contributed by atoms with Crippen molar-refractivity contribution in [2.45, 2.75) is 25.3 Å². The third-order valence-corrected chi connectivity index (χ3v) is 5.14. The van der Waals surface area contributed by atoms with E-state index in [1.165, 1.54) is 6.42 Å². The molecule has 4 rings (SSSR count). The van der Waals surface area contributed by atoms with Crippen LogP contribution < -0.4 is 11.1 Å². The molecular formula is C17H19N3O. The molecule has 2 saturated carbocycles. The van der Waals surface area contributed by atoms with E-state index in [1.807, 2.05) is 30.3 Å². The number of anilines is 1. The molecule has 2 aliphatic rings. The Morgan fingerprint density at radius 1 is 1.24 bits per heavy atom. The van der Waals surface area contributed by atoms with Crippen LogP contribution in [0.2, 0.25) is 0 Å². The van der Waals surface area contributed by atoms with Crippen molar-refractivity contribution in [3.05, 3.63) is 36.5 Å². The predicted octanol–water partition coefficient (Wildman–Crippen LogP) is 2.55. The summed E-state index contributed by atoms with van der Waals surface area (Å²) < 4.78 is 0. The van der Waals surface area contributed by atoms with Crippen LogP contribution in [0.25, 0.3) is 10.9 Å². The number of aromatic nitrogens is 1. The summed E-state index contributed by atoms with van der Waals surface area (Å²) >= 11 is 0. The lowest BCUT2D eigenvalue weighted by Gasteiger charge is -2.26. The van der Waals surface area contributed by atoms with Crippen LogP contribution in [0.3, 0.4) is 0 Å². The number of hydrogen-bond acceptors (Lipinski definition) is 3. The second-order valence-electron chi connectivity index (χ2n) is 6.34. The molecule has 21 heavy (non-hydrogen) atoms. The molecule has 1 amide bonds. The van der Waals surface area contributed by atoms with Gasteiger partial charge in [0.2, 0.25) is 5.91 Å². The van der Waals surface area contributed by atoms with E-state index in [-0.39, 0.29) is 17.9 Å². The van der Waals surface area contributed by atoms with Crippen LogP contribution in [0.4, 0.5) is 5.69 Å². The van der Waals surface area contributed by atoms with Crippen LogP contribution in [0.15, 0.2) is 36.5 Å². The van der Waals surface area contributed by atoms with E-state index < -0.39 is 0 Å². The number of carbonyl (C=O) groups excluding carboxylic acids is 1. The van der Waals surface area contributed by atoms with Crippen molar-refractivity contribution in [1.29, 1.82) is 0 Å². The van der Waals surface area contributed by atoms with Gasteiger partial charge in [-0.3, -0.25) is 9.78 Å². The molecule has 2 aromatic rings. The van der Waals surface area contributed by atoms with Gasteiger partial charge in [-0.1, -0.05) is 18.2 Å². The average molecular weight is 281 g/mol. The van der Waals surface area contributed by atoms with Gasteiger partial charge in [-0.2, -0.15) is 0 Å². The number of nitrogens with one attached hydrogen (secondary N) is 1. The number of para-hydroxylation sites is 1. The van der Waals surface area contributed by atoms with E-state index in [0.717, 1.165) is 29.4 Å². The first-order chi connectivity index (χ1) is 10.2. The lowest BCUT2D eigenvalue weighted by Crippen LogP contribution is -2.42. The maximum absolute atomic E-state index is 12.5. The zero-order valence-corrected chi connectivity index (χ0v) is 11.8. The van der Waals surface area contributed by atoms with Crippen molar-refractivity contribution < 1.29 is 4.79 Å². The van der Waals surface area contributed by atoms with Crippen molar-refractivity contribution in [3.8, 4) is 0 Å². The maximum atomic E-state index is 12.5. The molecule has 1 heterocycles. The first-order valence-electron chi connectivity index (χ1n) is 7.63. The minimum absolute atomic E-state index is 0.0252. The van der Waals surface area contributed by atoms with E-state index in [9.17, 15) is 4.79 Å². The topological polar surface area (TPSA) is 68.0 Å². The minimum Gasteiger partial charge on any atom is -0.327 e. The molecular weight excluding hydrogens is 262 g/mol. The molecule has 1 aromatic heterocycles. The number of amides is 1. The number of pyridine rings is 1. The molecule has 3 N–H and O–H groups in total. The largest absolute Gasteiger partial charge is 0.327 e. The van der Waals surface area contributed by atoms with E-state index in [0.29, 0.717) is 11.8 Å². The Hall–Kier alpha value is -1.94. The highest BCUT2D eigenvalue weighted by atomic mass is 16.2. The van der Waals surface area contributed by atoms with Crippen molar-refractivity contribution in [2.24, 2.45) is 23.5 Å². The highest BCUT2D eigenvalue weighted by molar-refractivity contribution is 5.95. The van der Waals surface area contributed by atoms with Gasteiger partial charge in [0.1, 0.15) is 0 Å². The number of hydrogen-bond donors (Lipinski definition) is 2. The molecule has 2 bridgehead atoms. The minimum atomic E-state index is -0.0322. The smallest absolute Gasteiger partial charge is 0.229 e. The predicted molar refractivity (Wildman–Crippen MR) is 82.7 cm³/mol. The zero-order valence-electron chi connectivity index (χ0n) is 11.8. The molecule has 0 aliphatic heterocycles.